The molecule has 0 spiro atoms. The van der Waals surface area contributed by atoms with Gasteiger partial charge in [-0.1, -0.05) is 36.4 Å². The third kappa shape index (κ3) is 4.18. The van der Waals surface area contributed by atoms with Gasteiger partial charge in [-0.05, 0) is 37.1 Å². The Bertz CT molecular complexity index is 1130. The molecule has 2 aromatic carbocycles. The molecule has 1 N–H and O–H groups in total. The van der Waals surface area contributed by atoms with Crippen molar-refractivity contribution in [2.45, 2.75) is 36.7 Å². The first-order chi connectivity index (χ1) is 14.9. The molecule has 31 heavy (non-hydrogen) atoms. The van der Waals surface area contributed by atoms with Crippen molar-refractivity contribution >= 4 is 33.1 Å². The molecule has 0 bridgehead atoms. The lowest BCUT2D eigenvalue weighted by Crippen LogP contribution is -2.45. The Balaban J connectivity index is 1.59. The summed E-state index contributed by atoms with van der Waals surface area (Å²) in [6.45, 7) is 1.93. The normalized spacial score (nSPS) is 21.7. The number of hydrogen-bond donors (Lipinski definition) is 1. The molecule has 2 unspecified atom stereocenters. The van der Waals surface area contributed by atoms with Crippen molar-refractivity contribution in [3.8, 4) is 0 Å². The van der Waals surface area contributed by atoms with Gasteiger partial charge in [0.05, 0.1) is 29.0 Å². The van der Waals surface area contributed by atoms with Crippen LogP contribution in [-0.2, 0) is 24.2 Å². The van der Waals surface area contributed by atoms with Gasteiger partial charge < -0.3 is 10.1 Å². The van der Waals surface area contributed by atoms with E-state index in [2.05, 4.69) is 10.4 Å². The zero-order valence-electron chi connectivity index (χ0n) is 17.0. The van der Waals surface area contributed by atoms with E-state index >= 15 is 0 Å². The minimum absolute atomic E-state index is 0.0351. The Morgan fingerprint density at radius 1 is 1.13 bits per heavy atom. The summed E-state index contributed by atoms with van der Waals surface area (Å²) in [4.78, 5) is 25.8. The van der Waals surface area contributed by atoms with Gasteiger partial charge in [-0.2, -0.15) is 5.10 Å². The monoisotopic (exact) mass is 441 g/mol. The van der Waals surface area contributed by atoms with E-state index in [1.165, 1.54) is 5.01 Å². The molecule has 162 valence electrons. The van der Waals surface area contributed by atoms with Crippen LogP contribution in [-0.4, -0.2) is 44.4 Å². The number of rotatable bonds is 5. The van der Waals surface area contributed by atoms with Crippen LogP contribution in [0, 0.1) is 0 Å². The fraction of sp³-hybridized carbons (Fsp3) is 0.318. The third-order valence-electron chi connectivity index (χ3n) is 5.37. The number of hydrazone groups is 1. The standard InChI is InChI=1S/C22H23N3O5S/c1-2-30-22(27)18-14-19(25(24-18)15-8-4-3-5-9-15)21(26)23-17-12-13-31(28,29)20-11-7-6-10-16(17)20/h3-11,17,19H,2,12-14H2,1H3,(H,23,26). The Morgan fingerprint density at radius 3 is 2.58 bits per heavy atom. The number of hydrogen-bond acceptors (Lipinski definition) is 7. The summed E-state index contributed by atoms with van der Waals surface area (Å²) in [7, 11) is -3.36. The number of nitrogens with zero attached hydrogens (tertiary/aromatic N) is 2. The first-order valence-corrected chi connectivity index (χ1v) is 11.8. The molecule has 2 heterocycles. The van der Waals surface area contributed by atoms with Crippen molar-refractivity contribution in [2.24, 2.45) is 5.10 Å². The smallest absolute Gasteiger partial charge is 0.354 e. The second-order valence-electron chi connectivity index (χ2n) is 7.37. The van der Waals surface area contributed by atoms with Crippen LogP contribution < -0.4 is 10.3 Å². The highest BCUT2D eigenvalue weighted by Gasteiger charge is 2.39. The van der Waals surface area contributed by atoms with Gasteiger partial charge in [0.25, 0.3) is 0 Å². The maximum Gasteiger partial charge on any atom is 0.354 e. The highest BCUT2D eigenvalue weighted by Crippen LogP contribution is 2.33. The van der Waals surface area contributed by atoms with E-state index < -0.39 is 27.9 Å². The van der Waals surface area contributed by atoms with E-state index in [4.69, 9.17) is 4.74 Å². The van der Waals surface area contributed by atoms with Crippen molar-refractivity contribution in [1.82, 2.24) is 5.32 Å². The topological polar surface area (TPSA) is 105 Å². The third-order valence-corrected chi connectivity index (χ3v) is 7.18. The van der Waals surface area contributed by atoms with Gasteiger partial charge in [0.15, 0.2) is 9.84 Å². The zero-order chi connectivity index (χ0) is 22.0. The Kier molecular flexibility index (Phi) is 5.77. The lowest BCUT2D eigenvalue weighted by molar-refractivity contribution is -0.135. The number of esters is 1. The van der Waals surface area contributed by atoms with E-state index in [9.17, 15) is 18.0 Å². The average Bonchev–Trinajstić information content (AvgIpc) is 3.23. The summed E-state index contributed by atoms with van der Waals surface area (Å²) in [5.41, 5.74) is 1.43. The summed E-state index contributed by atoms with van der Waals surface area (Å²) >= 11 is 0. The van der Waals surface area contributed by atoms with Gasteiger partial charge >= 0.3 is 5.97 Å². The SMILES string of the molecule is CCOC(=O)C1=NN(c2ccccc2)C(C(=O)NC2CCS(=O)(=O)c3ccccc32)C1. The number of carbonyl (C=O) groups excluding carboxylic acids is 2. The highest BCUT2D eigenvalue weighted by atomic mass is 32.2. The van der Waals surface area contributed by atoms with Gasteiger partial charge in [-0.15, -0.1) is 0 Å². The number of carbonyl (C=O) groups is 2. The molecule has 0 aromatic heterocycles. The summed E-state index contributed by atoms with van der Waals surface area (Å²) < 4.78 is 29.8. The minimum Gasteiger partial charge on any atom is -0.461 e. The number of anilines is 1. The Morgan fingerprint density at radius 2 is 1.84 bits per heavy atom. The zero-order valence-corrected chi connectivity index (χ0v) is 17.8. The summed E-state index contributed by atoms with van der Waals surface area (Å²) in [6.07, 6.45) is 0.390. The van der Waals surface area contributed by atoms with E-state index in [1.54, 1.807) is 43.3 Å². The molecule has 0 aliphatic carbocycles. The lowest BCUT2D eigenvalue weighted by atomic mass is 10.0. The number of fused-ring (bicyclic) bond motifs is 1. The number of sulfone groups is 1. The fourth-order valence-corrected chi connectivity index (χ4v) is 5.50. The van der Waals surface area contributed by atoms with Gasteiger partial charge in [0.2, 0.25) is 5.91 Å². The minimum atomic E-state index is -3.36. The predicted molar refractivity (Wildman–Crippen MR) is 115 cm³/mol. The molecule has 0 radical (unpaired) electrons. The summed E-state index contributed by atoms with van der Waals surface area (Å²) in [5.74, 6) is -0.911. The van der Waals surface area contributed by atoms with Crippen LogP contribution >= 0.6 is 0 Å². The molecule has 4 rings (SSSR count). The number of nitrogens with one attached hydrogen (secondary N) is 1. The van der Waals surface area contributed by atoms with Crippen LogP contribution in [0.2, 0.25) is 0 Å². The van der Waals surface area contributed by atoms with Crippen molar-refractivity contribution in [1.29, 1.82) is 0 Å². The number of ether oxygens (including phenoxy) is 1. The largest absolute Gasteiger partial charge is 0.461 e. The molecule has 0 fully saturated rings. The fourth-order valence-electron chi connectivity index (χ4n) is 3.88. The Hall–Kier alpha value is -3.20. The second kappa shape index (κ2) is 8.50. The first-order valence-electron chi connectivity index (χ1n) is 10.1. The molecular weight excluding hydrogens is 418 g/mol. The van der Waals surface area contributed by atoms with Crippen LogP contribution in [0.1, 0.15) is 31.4 Å². The molecule has 2 aliphatic heterocycles. The number of para-hydroxylation sites is 1. The van der Waals surface area contributed by atoms with E-state index in [1.807, 2.05) is 18.2 Å². The highest BCUT2D eigenvalue weighted by molar-refractivity contribution is 7.91. The van der Waals surface area contributed by atoms with E-state index in [0.717, 1.165) is 0 Å². The van der Waals surface area contributed by atoms with E-state index in [0.29, 0.717) is 11.3 Å². The van der Waals surface area contributed by atoms with Crippen LogP contribution in [0.5, 0.6) is 0 Å². The maximum atomic E-state index is 13.3. The van der Waals surface area contributed by atoms with Gasteiger partial charge in [0, 0.05) is 6.42 Å². The van der Waals surface area contributed by atoms with Gasteiger partial charge in [0.1, 0.15) is 11.8 Å². The molecule has 1 amide bonds. The molecule has 8 nitrogen and oxygen atoms in total. The summed E-state index contributed by atoms with van der Waals surface area (Å²) in [6, 6.07) is 14.7. The van der Waals surface area contributed by atoms with Crippen LogP contribution in [0.3, 0.4) is 0 Å². The molecule has 9 heteroatoms. The van der Waals surface area contributed by atoms with E-state index in [-0.39, 0.29) is 41.7 Å². The van der Waals surface area contributed by atoms with Crippen LogP contribution in [0.25, 0.3) is 0 Å². The number of benzene rings is 2. The molecule has 2 atom stereocenters. The lowest BCUT2D eigenvalue weighted by Gasteiger charge is -2.29. The molecule has 0 saturated carbocycles. The van der Waals surface area contributed by atoms with Crippen LogP contribution in [0.4, 0.5) is 5.69 Å². The molecule has 2 aromatic rings. The Labute approximate surface area is 180 Å². The molecular formula is C22H23N3O5S. The molecule has 2 aliphatic rings. The quantitative estimate of drug-likeness (QED) is 0.714. The predicted octanol–water partition coefficient (Wildman–Crippen LogP) is 2.22. The average molecular weight is 442 g/mol. The second-order valence-corrected chi connectivity index (χ2v) is 9.45. The van der Waals surface area contributed by atoms with Crippen molar-refractivity contribution in [2.75, 3.05) is 17.4 Å². The summed E-state index contributed by atoms with van der Waals surface area (Å²) in [5, 5.41) is 8.85. The van der Waals surface area contributed by atoms with Crippen molar-refractivity contribution < 1.29 is 22.7 Å². The van der Waals surface area contributed by atoms with Gasteiger partial charge in [-0.25, -0.2) is 13.2 Å². The van der Waals surface area contributed by atoms with Crippen LogP contribution in [0.15, 0.2) is 64.6 Å². The number of amides is 1. The first kappa shape index (κ1) is 21.0. The van der Waals surface area contributed by atoms with Crippen molar-refractivity contribution in [3.05, 3.63) is 60.2 Å². The molecule has 0 saturated heterocycles. The van der Waals surface area contributed by atoms with Gasteiger partial charge in [-0.3, -0.25) is 9.80 Å². The maximum absolute atomic E-state index is 13.3. The van der Waals surface area contributed by atoms with Crippen molar-refractivity contribution in [3.63, 3.8) is 0 Å².